The van der Waals surface area contributed by atoms with Crippen molar-refractivity contribution in [2.75, 3.05) is 0 Å². The van der Waals surface area contributed by atoms with Crippen molar-refractivity contribution in [3.8, 4) is 0 Å². The van der Waals surface area contributed by atoms with Crippen molar-refractivity contribution in [1.82, 2.24) is 0 Å². The molecule has 1 N–H and O–H groups in total. The Balaban J connectivity index is 2.69. The van der Waals surface area contributed by atoms with Crippen LogP contribution in [0, 0.1) is 10.1 Å². The molecule has 0 saturated heterocycles. The third kappa shape index (κ3) is 1.33. The number of H-pyrrole nitrogens is 1. The van der Waals surface area contributed by atoms with Crippen LogP contribution in [0.2, 0.25) is 0 Å². The normalized spacial score (nSPS) is 10.2. The molecule has 64 valence electrons. The van der Waals surface area contributed by atoms with Gasteiger partial charge in [-0.2, -0.15) is 0 Å². The summed E-state index contributed by atoms with van der Waals surface area (Å²) in [5.74, 6) is 0.0127. The van der Waals surface area contributed by atoms with Crippen LogP contribution >= 0.6 is 0 Å². The lowest BCUT2D eigenvalue weighted by atomic mass is 10.2. The van der Waals surface area contributed by atoms with E-state index in [0.29, 0.717) is 0 Å². The van der Waals surface area contributed by atoms with Crippen LogP contribution < -0.4 is 4.98 Å². The van der Waals surface area contributed by atoms with E-state index in [1.54, 1.807) is 6.07 Å². The molecule has 0 saturated carbocycles. The van der Waals surface area contributed by atoms with Gasteiger partial charge >= 0.3 is 5.82 Å². The summed E-state index contributed by atoms with van der Waals surface area (Å²) in [4.78, 5) is 12.7. The molecule has 0 atom stereocenters. The zero-order valence-corrected chi connectivity index (χ0v) is 6.73. The maximum absolute atomic E-state index is 10.4. The van der Waals surface area contributed by atoms with Gasteiger partial charge in [0.25, 0.3) is 0 Å². The highest BCUT2D eigenvalue weighted by Gasteiger charge is 2.14. The van der Waals surface area contributed by atoms with Gasteiger partial charge in [-0.3, -0.25) is 10.1 Å². The Morgan fingerprint density at radius 2 is 1.92 bits per heavy atom. The lowest BCUT2D eigenvalue weighted by Crippen LogP contribution is -2.10. The van der Waals surface area contributed by atoms with Crippen LogP contribution in [0.1, 0.15) is 0 Å². The van der Waals surface area contributed by atoms with Gasteiger partial charge in [-0.25, -0.2) is 0 Å². The monoisotopic (exact) mass is 175 g/mol. The number of hydrogen-bond donors (Lipinski definition) is 0. The second-order valence-corrected chi connectivity index (χ2v) is 2.69. The Hall–Kier alpha value is -1.97. The molecule has 0 aliphatic carbocycles. The molecule has 2 aromatic rings. The molecule has 0 radical (unpaired) electrons. The van der Waals surface area contributed by atoms with Crippen molar-refractivity contribution in [3.05, 3.63) is 46.5 Å². The fourth-order valence-electron chi connectivity index (χ4n) is 1.21. The Labute approximate surface area is 74.0 Å². The van der Waals surface area contributed by atoms with Crippen LogP contribution in [0.3, 0.4) is 0 Å². The van der Waals surface area contributed by atoms with Crippen LogP contribution in [-0.4, -0.2) is 4.92 Å². The number of fused-ring (bicyclic) bond motifs is 1. The first-order chi connectivity index (χ1) is 6.27. The standard InChI is InChI=1S/C9H6N2O2/c12-11(13)9-6-5-7-3-1-2-4-8(7)10-9/h1-6H/p+1. The van der Waals surface area contributed by atoms with E-state index in [0.717, 1.165) is 10.9 Å². The number of nitro groups is 1. The van der Waals surface area contributed by atoms with Crippen molar-refractivity contribution >= 4 is 16.7 Å². The van der Waals surface area contributed by atoms with E-state index in [2.05, 4.69) is 4.98 Å². The van der Waals surface area contributed by atoms with Gasteiger partial charge in [0.2, 0.25) is 5.52 Å². The number of nitrogens with zero attached hydrogens (tertiary/aromatic N) is 1. The molecule has 1 aromatic heterocycles. The molecule has 2 rings (SSSR count). The zero-order valence-electron chi connectivity index (χ0n) is 6.73. The van der Waals surface area contributed by atoms with Crippen molar-refractivity contribution in [2.45, 2.75) is 0 Å². The molecule has 0 bridgehead atoms. The van der Waals surface area contributed by atoms with Gasteiger partial charge in [0.05, 0.1) is 6.07 Å². The maximum Gasteiger partial charge on any atom is 0.500 e. The van der Waals surface area contributed by atoms with Gasteiger partial charge in [0.15, 0.2) is 0 Å². The predicted octanol–water partition coefficient (Wildman–Crippen LogP) is 1.56. The van der Waals surface area contributed by atoms with Crippen LogP contribution in [0.15, 0.2) is 36.4 Å². The van der Waals surface area contributed by atoms with Crippen molar-refractivity contribution in [1.29, 1.82) is 0 Å². The van der Waals surface area contributed by atoms with Gasteiger partial charge in [0, 0.05) is 11.5 Å². The number of para-hydroxylation sites is 1. The van der Waals surface area contributed by atoms with Crippen LogP contribution in [-0.2, 0) is 0 Å². The summed E-state index contributed by atoms with van der Waals surface area (Å²) >= 11 is 0. The third-order valence-corrected chi connectivity index (χ3v) is 1.84. The van der Waals surface area contributed by atoms with Crippen LogP contribution in [0.5, 0.6) is 0 Å². The number of aromatic amines is 1. The minimum atomic E-state index is -0.438. The molecule has 0 unspecified atom stereocenters. The summed E-state index contributed by atoms with van der Waals surface area (Å²) in [7, 11) is 0. The topological polar surface area (TPSA) is 57.3 Å². The average molecular weight is 175 g/mol. The molecule has 4 heteroatoms. The predicted molar refractivity (Wildman–Crippen MR) is 47.2 cm³/mol. The maximum atomic E-state index is 10.4. The number of nitrogens with one attached hydrogen (secondary N) is 1. The molecular weight excluding hydrogens is 168 g/mol. The average Bonchev–Trinajstić information content (AvgIpc) is 2.17. The molecule has 0 amide bonds. The first-order valence-corrected chi connectivity index (χ1v) is 3.83. The summed E-state index contributed by atoms with van der Waals surface area (Å²) in [6, 6.07) is 10.6. The SMILES string of the molecule is O=[N+]([O-])c1ccc2ccccc2[nH+]1. The van der Waals surface area contributed by atoms with Crippen molar-refractivity contribution in [2.24, 2.45) is 0 Å². The van der Waals surface area contributed by atoms with Gasteiger partial charge in [-0.15, -0.1) is 4.98 Å². The minimum Gasteiger partial charge on any atom is -0.253 e. The fourth-order valence-corrected chi connectivity index (χ4v) is 1.21. The lowest BCUT2D eigenvalue weighted by Gasteiger charge is -1.88. The van der Waals surface area contributed by atoms with Crippen molar-refractivity contribution < 1.29 is 9.91 Å². The number of benzene rings is 1. The lowest BCUT2D eigenvalue weighted by molar-refractivity contribution is -0.513. The van der Waals surface area contributed by atoms with Gasteiger partial charge in [-0.05, 0) is 12.1 Å². The molecule has 1 aromatic carbocycles. The fraction of sp³-hybridized carbons (Fsp3) is 0. The van der Waals surface area contributed by atoms with E-state index in [9.17, 15) is 10.1 Å². The van der Waals surface area contributed by atoms with E-state index in [1.165, 1.54) is 6.07 Å². The highest BCUT2D eigenvalue weighted by molar-refractivity contribution is 5.75. The van der Waals surface area contributed by atoms with E-state index < -0.39 is 4.92 Å². The molecule has 1 heterocycles. The summed E-state index contributed by atoms with van der Waals surface area (Å²) in [6.07, 6.45) is 0. The van der Waals surface area contributed by atoms with Crippen molar-refractivity contribution in [3.63, 3.8) is 0 Å². The van der Waals surface area contributed by atoms with Gasteiger partial charge in [0.1, 0.15) is 4.92 Å². The smallest absolute Gasteiger partial charge is 0.253 e. The van der Waals surface area contributed by atoms with Crippen LogP contribution in [0.25, 0.3) is 10.9 Å². The molecule has 4 nitrogen and oxygen atoms in total. The molecule has 13 heavy (non-hydrogen) atoms. The highest BCUT2D eigenvalue weighted by atomic mass is 16.6. The van der Waals surface area contributed by atoms with E-state index >= 15 is 0 Å². The quantitative estimate of drug-likeness (QED) is 0.487. The second-order valence-electron chi connectivity index (χ2n) is 2.69. The molecular formula is C9H7N2O2+. The highest BCUT2D eigenvalue weighted by Crippen LogP contribution is 2.11. The first-order valence-electron chi connectivity index (χ1n) is 3.83. The molecule has 0 spiro atoms. The number of pyridine rings is 1. The van der Waals surface area contributed by atoms with Crippen LogP contribution in [0.4, 0.5) is 5.82 Å². The Kier molecular flexibility index (Phi) is 1.66. The first kappa shape index (κ1) is 7.67. The zero-order chi connectivity index (χ0) is 9.26. The van der Waals surface area contributed by atoms with Gasteiger partial charge in [-0.1, -0.05) is 12.1 Å². The molecule has 0 aliphatic rings. The van der Waals surface area contributed by atoms with E-state index in [1.807, 2.05) is 24.3 Å². The van der Waals surface area contributed by atoms with E-state index in [4.69, 9.17) is 0 Å². The largest absolute Gasteiger partial charge is 0.500 e. The summed E-state index contributed by atoms with van der Waals surface area (Å²) in [5.41, 5.74) is 0.775. The van der Waals surface area contributed by atoms with E-state index in [-0.39, 0.29) is 5.82 Å². The summed E-state index contributed by atoms with van der Waals surface area (Å²) in [6.45, 7) is 0. The Bertz CT molecular complexity index is 468. The van der Waals surface area contributed by atoms with Gasteiger partial charge < -0.3 is 0 Å². The molecule has 0 fully saturated rings. The third-order valence-electron chi connectivity index (χ3n) is 1.84. The minimum absolute atomic E-state index is 0.0127. The number of hydrogen-bond acceptors (Lipinski definition) is 2. The Morgan fingerprint density at radius 3 is 2.69 bits per heavy atom. The Morgan fingerprint density at radius 1 is 1.15 bits per heavy atom. The number of rotatable bonds is 1. The second kappa shape index (κ2) is 2.82. The summed E-state index contributed by atoms with van der Waals surface area (Å²) < 4.78 is 0. The molecule has 0 aliphatic heterocycles. The summed E-state index contributed by atoms with van der Waals surface area (Å²) in [5, 5.41) is 11.4. The number of aromatic nitrogens is 1.